The number of hydrogen-bond acceptors (Lipinski definition) is 3. The highest BCUT2D eigenvalue weighted by atomic mass is 16.5. The lowest BCUT2D eigenvalue weighted by atomic mass is 10.1. The van der Waals surface area contributed by atoms with E-state index in [-0.39, 0.29) is 18.4 Å². The van der Waals surface area contributed by atoms with Crippen molar-refractivity contribution in [2.45, 2.75) is 13.8 Å². The van der Waals surface area contributed by atoms with E-state index in [1.807, 2.05) is 38.1 Å². The highest BCUT2D eigenvalue weighted by Gasteiger charge is 2.21. The van der Waals surface area contributed by atoms with Crippen molar-refractivity contribution in [2.24, 2.45) is 0 Å². The molecule has 0 saturated heterocycles. The molecule has 1 N–H and O–H groups in total. The van der Waals surface area contributed by atoms with Crippen LogP contribution < -0.4 is 15.0 Å². The number of nitrogens with zero attached hydrogens (tertiary/aromatic N) is 1. The number of fused-ring (bicyclic) bond motifs is 1. The van der Waals surface area contributed by atoms with Crippen LogP contribution in [0.25, 0.3) is 0 Å². The van der Waals surface area contributed by atoms with Crippen LogP contribution in [0.3, 0.4) is 0 Å². The number of benzene rings is 2. The molecule has 1 heterocycles. The summed E-state index contributed by atoms with van der Waals surface area (Å²) in [5.74, 6) is 0.258. The Balaban J connectivity index is 1.92. The SMILES string of the molecule is CCN(C(=O)c1ccc2c(c1)NC(=O)CO2)c1cccc(C)c1. The van der Waals surface area contributed by atoms with Crippen LogP contribution in [0.15, 0.2) is 42.5 Å². The first-order valence-corrected chi connectivity index (χ1v) is 7.53. The average molecular weight is 310 g/mol. The first kappa shape index (κ1) is 15.1. The summed E-state index contributed by atoms with van der Waals surface area (Å²) in [5, 5.41) is 2.73. The summed E-state index contributed by atoms with van der Waals surface area (Å²) < 4.78 is 5.32. The van der Waals surface area contributed by atoms with Crippen molar-refractivity contribution in [3.8, 4) is 5.75 Å². The topological polar surface area (TPSA) is 58.6 Å². The van der Waals surface area contributed by atoms with Gasteiger partial charge in [-0.15, -0.1) is 0 Å². The van der Waals surface area contributed by atoms with E-state index >= 15 is 0 Å². The number of amides is 2. The Bertz CT molecular complexity index is 771. The first-order chi connectivity index (χ1) is 11.1. The Labute approximate surface area is 134 Å². The molecule has 1 aliphatic heterocycles. The van der Waals surface area contributed by atoms with E-state index in [0.29, 0.717) is 23.5 Å². The largest absolute Gasteiger partial charge is 0.482 e. The number of rotatable bonds is 3. The van der Waals surface area contributed by atoms with E-state index in [4.69, 9.17) is 4.74 Å². The van der Waals surface area contributed by atoms with E-state index in [1.165, 1.54) is 0 Å². The fourth-order valence-electron chi connectivity index (χ4n) is 2.61. The Morgan fingerprint density at radius 3 is 2.83 bits per heavy atom. The van der Waals surface area contributed by atoms with E-state index in [0.717, 1.165) is 11.3 Å². The van der Waals surface area contributed by atoms with Crippen LogP contribution in [-0.2, 0) is 4.79 Å². The fraction of sp³-hybridized carbons (Fsp3) is 0.222. The molecular formula is C18H18N2O3. The van der Waals surface area contributed by atoms with Crippen molar-refractivity contribution in [3.63, 3.8) is 0 Å². The number of carbonyl (C=O) groups is 2. The van der Waals surface area contributed by atoms with Crippen molar-refractivity contribution >= 4 is 23.2 Å². The van der Waals surface area contributed by atoms with E-state index in [9.17, 15) is 9.59 Å². The van der Waals surface area contributed by atoms with E-state index < -0.39 is 0 Å². The number of ether oxygens (including phenoxy) is 1. The highest BCUT2D eigenvalue weighted by molar-refractivity contribution is 6.07. The van der Waals surface area contributed by atoms with Gasteiger partial charge in [-0.1, -0.05) is 12.1 Å². The minimum Gasteiger partial charge on any atom is -0.482 e. The molecule has 5 nitrogen and oxygen atoms in total. The van der Waals surface area contributed by atoms with Gasteiger partial charge in [0.05, 0.1) is 5.69 Å². The molecule has 118 valence electrons. The molecule has 0 atom stereocenters. The molecule has 0 radical (unpaired) electrons. The second-order valence-corrected chi connectivity index (χ2v) is 5.44. The maximum Gasteiger partial charge on any atom is 0.262 e. The van der Waals surface area contributed by atoms with Gasteiger partial charge in [0.1, 0.15) is 5.75 Å². The molecule has 5 heteroatoms. The van der Waals surface area contributed by atoms with Gasteiger partial charge in [-0.05, 0) is 49.7 Å². The van der Waals surface area contributed by atoms with Gasteiger partial charge in [0.15, 0.2) is 6.61 Å². The third-order valence-corrected chi connectivity index (χ3v) is 3.73. The van der Waals surface area contributed by atoms with Gasteiger partial charge in [-0.2, -0.15) is 0 Å². The zero-order chi connectivity index (χ0) is 16.4. The second-order valence-electron chi connectivity index (χ2n) is 5.44. The predicted molar refractivity (Wildman–Crippen MR) is 89.1 cm³/mol. The molecule has 23 heavy (non-hydrogen) atoms. The molecule has 0 bridgehead atoms. The van der Waals surface area contributed by atoms with Crippen molar-refractivity contribution in [1.29, 1.82) is 0 Å². The molecule has 0 saturated carbocycles. The number of carbonyl (C=O) groups excluding carboxylic acids is 2. The fourth-order valence-corrected chi connectivity index (χ4v) is 2.61. The van der Waals surface area contributed by atoms with Gasteiger partial charge in [0.25, 0.3) is 11.8 Å². The Hall–Kier alpha value is -2.82. The van der Waals surface area contributed by atoms with E-state index in [1.54, 1.807) is 23.1 Å². The van der Waals surface area contributed by atoms with Gasteiger partial charge < -0.3 is 15.0 Å². The number of hydrogen-bond donors (Lipinski definition) is 1. The molecule has 3 rings (SSSR count). The van der Waals surface area contributed by atoms with Crippen LogP contribution in [0.5, 0.6) is 5.75 Å². The summed E-state index contributed by atoms with van der Waals surface area (Å²) in [5.41, 5.74) is 3.00. The van der Waals surface area contributed by atoms with Crippen molar-refractivity contribution in [2.75, 3.05) is 23.4 Å². The molecule has 0 aliphatic carbocycles. The third-order valence-electron chi connectivity index (χ3n) is 3.73. The van der Waals surface area contributed by atoms with Crippen LogP contribution >= 0.6 is 0 Å². The molecule has 0 spiro atoms. The average Bonchev–Trinajstić information content (AvgIpc) is 2.54. The lowest BCUT2D eigenvalue weighted by Gasteiger charge is -2.23. The van der Waals surface area contributed by atoms with Gasteiger partial charge in [0.2, 0.25) is 0 Å². The van der Waals surface area contributed by atoms with Gasteiger partial charge in [0, 0.05) is 17.8 Å². The van der Waals surface area contributed by atoms with Crippen LogP contribution in [0.1, 0.15) is 22.8 Å². The Morgan fingerprint density at radius 2 is 2.09 bits per heavy atom. The zero-order valence-electron chi connectivity index (χ0n) is 13.1. The van der Waals surface area contributed by atoms with Crippen LogP contribution in [0, 0.1) is 6.92 Å². The lowest BCUT2D eigenvalue weighted by Crippen LogP contribution is -2.31. The third kappa shape index (κ3) is 3.04. The molecule has 0 aromatic heterocycles. The monoisotopic (exact) mass is 310 g/mol. The number of anilines is 2. The zero-order valence-corrected chi connectivity index (χ0v) is 13.1. The first-order valence-electron chi connectivity index (χ1n) is 7.53. The molecular weight excluding hydrogens is 292 g/mol. The molecule has 2 aromatic rings. The van der Waals surface area contributed by atoms with Gasteiger partial charge in [-0.3, -0.25) is 9.59 Å². The van der Waals surface area contributed by atoms with Gasteiger partial charge >= 0.3 is 0 Å². The van der Waals surface area contributed by atoms with Crippen molar-refractivity contribution in [1.82, 2.24) is 0 Å². The molecule has 0 fully saturated rings. The molecule has 2 aromatic carbocycles. The summed E-state index contributed by atoms with van der Waals surface area (Å²) in [6, 6.07) is 12.9. The van der Waals surface area contributed by atoms with Crippen LogP contribution in [-0.4, -0.2) is 25.0 Å². The Morgan fingerprint density at radius 1 is 1.26 bits per heavy atom. The minimum absolute atomic E-state index is 0.00463. The van der Waals surface area contributed by atoms with Crippen LogP contribution in [0.2, 0.25) is 0 Å². The normalized spacial score (nSPS) is 12.9. The summed E-state index contributed by atoms with van der Waals surface area (Å²) in [6.07, 6.45) is 0. The summed E-state index contributed by atoms with van der Waals surface area (Å²) in [4.78, 5) is 26.0. The molecule has 2 amide bonds. The molecule has 1 aliphatic rings. The lowest BCUT2D eigenvalue weighted by molar-refractivity contribution is -0.118. The second kappa shape index (κ2) is 6.12. The Kier molecular flexibility index (Phi) is 4.02. The minimum atomic E-state index is -0.215. The summed E-state index contributed by atoms with van der Waals surface area (Å²) in [7, 11) is 0. The van der Waals surface area contributed by atoms with Crippen LogP contribution in [0.4, 0.5) is 11.4 Å². The number of aryl methyl sites for hydroxylation is 1. The van der Waals surface area contributed by atoms with Gasteiger partial charge in [-0.25, -0.2) is 0 Å². The summed E-state index contributed by atoms with van der Waals surface area (Å²) in [6.45, 7) is 4.49. The summed E-state index contributed by atoms with van der Waals surface area (Å²) >= 11 is 0. The smallest absolute Gasteiger partial charge is 0.262 e. The van der Waals surface area contributed by atoms with Crippen molar-refractivity contribution < 1.29 is 14.3 Å². The maximum absolute atomic E-state index is 12.8. The predicted octanol–water partition coefficient (Wildman–Crippen LogP) is 2.99. The van der Waals surface area contributed by atoms with E-state index in [2.05, 4.69) is 5.32 Å². The van der Waals surface area contributed by atoms with Crippen molar-refractivity contribution in [3.05, 3.63) is 53.6 Å². The maximum atomic E-state index is 12.8. The molecule has 0 unspecified atom stereocenters. The number of nitrogens with one attached hydrogen (secondary N) is 1. The standard InChI is InChI=1S/C18H18N2O3/c1-3-20(14-6-4-5-12(2)9-14)18(22)13-7-8-16-15(10-13)19-17(21)11-23-16/h4-10H,3,11H2,1-2H3,(H,19,21). The quantitative estimate of drug-likeness (QED) is 0.948. The highest BCUT2D eigenvalue weighted by Crippen LogP contribution is 2.29.